The van der Waals surface area contributed by atoms with Gasteiger partial charge in [-0.1, -0.05) is 164 Å². The molecule has 48 heavy (non-hydrogen) atoms. The third-order valence-electron chi connectivity index (χ3n) is 10.2. The molecule has 0 amide bonds. The molecule has 10 aromatic carbocycles. The maximum absolute atomic E-state index is 2.38. The van der Waals surface area contributed by atoms with Gasteiger partial charge in [0.05, 0.1) is 0 Å². The second kappa shape index (κ2) is 10.7. The second-order valence-corrected chi connectivity index (χ2v) is 12.9. The lowest BCUT2D eigenvalue weighted by atomic mass is 9.85. The van der Waals surface area contributed by atoms with E-state index in [1.807, 2.05) is 0 Å². The third-order valence-corrected chi connectivity index (χ3v) is 10.2. The van der Waals surface area contributed by atoms with E-state index in [9.17, 15) is 0 Å². The Labute approximate surface area is 279 Å². The Bertz CT molecular complexity index is 2820. The van der Waals surface area contributed by atoms with E-state index in [-0.39, 0.29) is 0 Å². The average Bonchev–Trinajstić information content (AvgIpc) is 3.17. The van der Waals surface area contributed by atoms with Gasteiger partial charge in [-0.15, -0.1) is 0 Å². The molecule has 0 aliphatic rings. The Kier molecular flexibility index (Phi) is 5.98. The topological polar surface area (TPSA) is 0 Å². The van der Waals surface area contributed by atoms with Gasteiger partial charge in [-0.25, -0.2) is 0 Å². The minimum absolute atomic E-state index is 1.22. The van der Waals surface area contributed by atoms with E-state index in [2.05, 4.69) is 182 Å². The van der Waals surface area contributed by atoms with Crippen molar-refractivity contribution >= 4 is 53.9 Å². The minimum Gasteiger partial charge on any atom is -0.0622 e. The van der Waals surface area contributed by atoms with Crippen LogP contribution in [0.3, 0.4) is 0 Å². The van der Waals surface area contributed by atoms with E-state index in [1.165, 1.54) is 98.4 Å². The first kappa shape index (κ1) is 26.9. The first-order valence-corrected chi connectivity index (χ1v) is 16.7. The van der Waals surface area contributed by atoms with Crippen LogP contribution in [0.4, 0.5) is 0 Å². The van der Waals surface area contributed by atoms with Crippen LogP contribution in [0.1, 0.15) is 0 Å². The van der Waals surface area contributed by atoms with Crippen LogP contribution in [0.15, 0.2) is 182 Å². The van der Waals surface area contributed by atoms with Crippen molar-refractivity contribution in [2.75, 3.05) is 0 Å². The van der Waals surface area contributed by atoms with Gasteiger partial charge >= 0.3 is 0 Å². The minimum atomic E-state index is 1.22. The molecule has 0 aliphatic carbocycles. The van der Waals surface area contributed by atoms with Crippen molar-refractivity contribution in [3.8, 4) is 44.5 Å². The molecule has 222 valence electrons. The molecule has 0 heterocycles. The highest BCUT2D eigenvalue weighted by molar-refractivity contribution is 6.28. The molecule has 0 radical (unpaired) electrons. The fourth-order valence-corrected chi connectivity index (χ4v) is 7.94. The van der Waals surface area contributed by atoms with Gasteiger partial charge in [-0.2, -0.15) is 0 Å². The standard InChI is InChI=1S/C48H30/c1-2-10-31(11-3-1)34-13-8-14-35(28-34)36-15-9-16-37(29-36)40-24-20-32-23-27-45-43(25-21-33-22-26-44(40)47(32)48(33)45)46-30-38-12-4-5-17-39(38)41-18-6-7-19-42(41)46/h1-30H. The van der Waals surface area contributed by atoms with Gasteiger partial charge in [0, 0.05) is 0 Å². The molecule has 0 bridgehead atoms. The summed E-state index contributed by atoms with van der Waals surface area (Å²) in [5.41, 5.74) is 9.98. The van der Waals surface area contributed by atoms with Gasteiger partial charge in [0.15, 0.2) is 0 Å². The molecule has 0 saturated heterocycles. The molecule has 0 nitrogen and oxygen atoms in total. The summed E-state index contributed by atoms with van der Waals surface area (Å²) in [6.45, 7) is 0. The summed E-state index contributed by atoms with van der Waals surface area (Å²) < 4.78 is 0. The van der Waals surface area contributed by atoms with Gasteiger partial charge in [0.1, 0.15) is 0 Å². The van der Waals surface area contributed by atoms with Gasteiger partial charge in [0.25, 0.3) is 0 Å². The van der Waals surface area contributed by atoms with Crippen molar-refractivity contribution in [1.29, 1.82) is 0 Å². The van der Waals surface area contributed by atoms with Crippen LogP contribution in [0.2, 0.25) is 0 Å². The Balaban J connectivity index is 1.17. The van der Waals surface area contributed by atoms with Crippen LogP contribution >= 0.6 is 0 Å². The van der Waals surface area contributed by atoms with E-state index in [0.717, 1.165) is 0 Å². The van der Waals surface area contributed by atoms with Crippen molar-refractivity contribution < 1.29 is 0 Å². The summed E-state index contributed by atoms with van der Waals surface area (Å²) >= 11 is 0. The van der Waals surface area contributed by atoms with E-state index in [4.69, 9.17) is 0 Å². The lowest BCUT2D eigenvalue weighted by Crippen LogP contribution is -1.91. The molecule has 0 spiro atoms. The van der Waals surface area contributed by atoms with Crippen molar-refractivity contribution in [2.45, 2.75) is 0 Å². The summed E-state index contributed by atoms with van der Waals surface area (Å²) in [5, 5.41) is 13.0. The summed E-state index contributed by atoms with van der Waals surface area (Å²) in [6, 6.07) is 67.0. The molecule has 10 aromatic rings. The number of fused-ring (bicyclic) bond motifs is 3. The van der Waals surface area contributed by atoms with Crippen LogP contribution in [0.25, 0.3) is 98.4 Å². The van der Waals surface area contributed by atoms with Crippen LogP contribution in [0.5, 0.6) is 0 Å². The molecular formula is C48H30. The van der Waals surface area contributed by atoms with Crippen molar-refractivity contribution in [2.24, 2.45) is 0 Å². The number of rotatable bonds is 4. The Morgan fingerprint density at radius 2 is 0.708 bits per heavy atom. The molecule has 0 aliphatic heterocycles. The zero-order valence-corrected chi connectivity index (χ0v) is 26.3. The molecule has 0 N–H and O–H groups in total. The largest absolute Gasteiger partial charge is 0.0622 e. The fraction of sp³-hybridized carbons (Fsp3) is 0. The Hall–Kier alpha value is -6.24. The highest BCUT2D eigenvalue weighted by atomic mass is 14.2. The summed E-state index contributed by atoms with van der Waals surface area (Å²) in [6.07, 6.45) is 0. The van der Waals surface area contributed by atoms with Crippen LogP contribution in [-0.2, 0) is 0 Å². The molecule has 0 atom stereocenters. The SMILES string of the molecule is c1ccc(-c2cccc(-c3cccc(-c4ccc5ccc6c(-c7cc8ccccc8c8ccccc78)ccc7ccc4c5c76)c3)c2)cc1. The Morgan fingerprint density at radius 1 is 0.208 bits per heavy atom. The lowest BCUT2D eigenvalue weighted by Gasteiger charge is -2.18. The van der Waals surface area contributed by atoms with E-state index >= 15 is 0 Å². The smallest absolute Gasteiger partial charge is 0.00203 e. The predicted octanol–water partition coefficient (Wildman–Crippen LogP) is 13.6. The van der Waals surface area contributed by atoms with Gasteiger partial charge in [0.2, 0.25) is 0 Å². The molecule has 0 saturated carbocycles. The first-order valence-electron chi connectivity index (χ1n) is 16.7. The molecular weight excluding hydrogens is 577 g/mol. The van der Waals surface area contributed by atoms with E-state index < -0.39 is 0 Å². The summed E-state index contributed by atoms with van der Waals surface area (Å²) in [5.74, 6) is 0. The molecule has 10 rings (SSSR count). The average molecular weight is 607 g/mol. The van der Waals surface area contributed by atoms with Crippen LogP contribution in [0, 0.1) is 0 Å². The van der Waals surface area contributed by atoms with Gasteiger partial charge in [-0.3, -0.25) is 0 Å². The van der Waals surface area contributed by atoms with Crippen LogP contribution in [-0.4, -0.2) is 0 Å². The Morgan fingerprint density at radius 3 is 1.44 bits per heavy atom. The molecule has 0 fully saturated rings. The van der Waals surface area contributed by atoms with Gasteiger partial charge in [-0.05, 0) is 117 Å². The summed E-state index contributed by atoms with van der Waals surface area (Å²) in [7, 11) is 0. The number of benzene rings is 10. The quantitative estimate of drug-likeness (QED) is 0.175. The zero-order valence-electron chi connectivity index (χ0n) is 26.3. The molecule has 0 aromatic heterocycles. The highest BCUT2D eigenvalue weighted by Gasteiger charge is 2.17. The van der Waals surface area contributed by atoms with Crippen molar-refractivity contribution in [1.82, 2.24) is 0 Å². The maximum Gasteiger partial charge on any atom is -0.00203 e. The van der Waals surface area contributed by atoms with Crippen molar-refractivity contribution in [3.05, 3.63) is 182 Å². The normalized spacial score (nSPS) is 11.8. The highest BCUT2D eigenvalue weighted by Crippen LogP contribution is 2.44. The monoisotopic (exact) mass is 606 g/mol. The van der Waals surface area contributed by atoms with E-state index in [1.54, 1.807) is 0 Å². The number of hydrogen-bond acceptors (Lipinski definition) is 0. The fourth-order valence-electron chi connectivity index (χ4n) is 7.94. The van der Waals surface area contributed by atoms with Gasteiger partial charge < -0.3 is 0 Å². The van der Waals surface area contributed by atoms with Crippen molar-refractivity contribution in [3.63, 3.8) is 0 Å². The van der Waals surface area contributed by atoms with Crippen LogP contribution < -0.4 is 0 Å². The lowest BCUT2D eigenvalue weighted by molar-refractivity contribution is 1.58. The first-order chi connectivity index (χ1) is 23.8. The predicted molar refractivity (Wildman–Crippen MR) is 207 cm³/mol. The molecule has 0 heteroatoms. The number of hydrogen-bond donors (Lipinski definition) is 0. The van der Waals surface area contributed by atoms with E-state index in [0.29, 0.717) is 0 Å². The summed E-state index contributed by atoms with van der Waals surface area (Å²) in [4.78, 5) is 0. The maximum atomic E-state index is 2.38. The second-order valence-electron chi connectivity index (χ2n) is 12.9. The molecule has 0 unspecified atom stereocenters. The zero-order chi connectivity index (χ0) is 31.6. The third kappa shape index (κ3) is 4.16.